The average Bonchev–Trinajstić information content (AvgIpc) is 3.62. The molecule has 1 aliphatic carbocycles. The number of aliphatic hydroxyl groups is 1. The molecule has 55 heavy (non-hydrogen) atoms. The third-order valence-corrected chi connectivity index (χ3v) is 11.0. The number of rotatable bonds is 9. The van der Waals surface area contributed by atoms with Gasteiger partial charge in [0.25, 0.3) is 0 Å². The zero-order chi connectivity index (χ0) is 38.5. The lowest BCUT2D eigenvalue weighted by molar-refractivity contribution is 0.108. The second-order valence-corrected chi connectivity index (χ2v) is 16.0. The number of carbonyl (C=O) groups excluding carboxylic acids is 1. The van der Waals surface area contributed by atoms with E-state index >= 15 is 0 Å². The number of urea groups is 1. The second kappa shape index (κ2) is 16.8. The van der Waals surface area contributed by atoms with Crippen LogP contribution in [0.3, 0.4) is 0 Å². The van der Waals surface area contributed by atoms with Gasteiger partial charge in [0, 0.05) is 63.8 Å². The summed E-state index contributed by atoms with van der Waals surface area (Å²) in [5, 5.41) is 37.9. The number of pyridine rings is 1. The molecule has 0 bridgehead atoms. The summed E-state index contributed by atoms with van der Waals surface area (Å²) in [4.78, 5) is 20.6. The van der Waals surface area contributed by atoms with E-state index in [0.29, 0.717) is 30.4 Å². The number of likely N-dealkylation sites (tertiary alicyclic amines) is 1. The number of aliphatic hydroxyl groups excluding tert-OH is 1. The fourth-order valence-corrected chi connectivity index (χ4v) is 7.87. The maximum Gasteiger partial charge on any atom is 0.320 e. The molecular formula is C42H56N10O3. The Morgan fingerprint density at radius 3 is 2.40 bits per heavy atom. The maximum absolute atomic E-state index is 13.8. The van der Waals surface area contributed by atoms with Crippen LogP contribution in [0, 0.1) is 10.8 Å². The van der Waals surface area contributed by atoms with Gasteiger partial charge in [-0.15, -0.1) is 0 Å². The molecule has 5 N–H and O–H groups in total. The summed E-state index contributed by atoms with van der Waals surface area (Å²) >= 11 is 0. The lowest BCUT2D eigenvalue weighted by atomic mass is 9.85. The smallest absolute Gasteiger partial charge is 0.320 e. The van der Waals surface area contributed by atoms with E-state index in [2.05, 4.69) is 65.5 Å². The van der Waals surface area contributed by atoms with Gasteiger partial charge in [0.1, 0.15) is 23.2 Å². The summed E-state index contributed by atoms with van der Waals surface area (Å²) in [5.74, 6) is 1.51. The van der Waals surface area contributed by atoms with E-state index in [4.69, 9.17) is 20.7 Å². The van der Waals surface area contributed by atoms with E-state index in [-0.39, 0.29) is 35.7 Å². The number of hydrogen-bond acceptors (Lipinski definition) is 8. The van der Waals surface area contributed by atoms with Crippen LogP contribution in [-0.4, -0.2) is 98.6 Å². The summed E-state index contributed by atoms with van der Waals surface area (Å²) < 4.78 is 9.99. The number of aromatic nitrogens is 3. The van der Waals surface area contributed by atoms with Gasteiger partial charge in [-0.25, -0.2) is 9.48 Å². The highest BCUT2D eigenvalue weighted by Crippen LogP contribution is 2.39. The molecule has 2 saturated heterocycles. The summed E-state index contributed by atoms with van der Waals surface area (Å²) in [7, 11) is 0. The number of hydrogen-bond donors (Lipinski definition) is 5. The van der Waals surface area contributed by atoms with Crippen molar-refractivity contribution >= 4 is 17.8 Å². The number of anilines is 1. The molecular weight excluding hydrogens is 693 g/mol. The van der Waals surface area contributed by atoms with Gasteiger partial charge in [-0.05, 0) is 73.1 Å². The monoisotopic (exact) mass is 748 g/mol. The van der Waals surface area contributed by atoms with Crippen molar-refractivity contribution in [2.24, 2.45) is 0 Å². The van der Waals surface area contributed by atoms with Crippen LogP contribution < -0.4 is 20.9 Å². The van der Waals surface area contributed by atoms with Crippen molar-refractivity contribution in [2.75, 3.05) is 57.7 Å². The normalized spacial score (nSPS) is 19.5. The van der Waals surface area contributed by atoms with Gasteiger partial charge in [-0.3, -0.25) is 30.5 Å². The molecule has 2 atom stereocenters. The Morgan fingerprint density at radius 1 is 0.909 bits per heavy atom. The molecule has 2 aromatic heterocycles. The van der Waals surface area contributed by atoms with Crippen LogP contribution in [0.25, 0.3) is 5.69 Å². The van der Waals surface area contributed by atoms with Gasteiger partial charge in [0.2, 0.25) is 5.96 Å². The molecule has 2 aliphatic heterocycles. The lowest BCUT2D eigenvalue weighted by Gasteiger charge is -2.34. The molecule has 2 amide bonds. The number of nitrogens with zero attached hydrogens (tertiary/aromatic N) is 6. The van der Waals surface area contributed by atoms with E-state index in [1.165, 1.54) is 12.0 Å². The van der Waals surface area contributed by atoms with Crippen LogP contribution in [-0.2, 0) is 12.0 Å². The zero-order valence-electron chi connectivity index (χ0n) is 32.4. The fraction of sp³-hybridized carbons (Fsp3) is 0.476. The van der Waals surface area contributed by atoms with Crippen LogP contribution in [0.5, 0.6) is 5.75 Å². The molecule has 292 valence electrons. The fourth-order valence-electron chi connectivity index (χ4n) is 7.87. The summed E-state index contributed by atoms with van der Waals surface area (Å²) in [6.45, 7) is 13.5. The summed E-state index contributed by atoms with van der Waals surface area (Å²) in [6, 6.07) is 21.4. The van der Waals surface area contributed by atoms with E-state index in [1.807, 2.05) is 39.9 Å². The SMILES string of the molecule is CC(C)(C)c1cc(NC(=O)NC2CCC(Oc3ccc(=N)n(C(=N)N4CCCCC4)c3)c3ccccc32)n(-c2cccc(CN3CCN(CCO)CC3)c2)n1. The molecule has 4 heterocycles. The number of amides is 2. The number of benzene rings is 2. The predicted molar refractivity (Wildman–Crippen MR) is 214 cm³/mol. The number of β-amino-alcohol motifs (C(OH)–C–C–N with tert-alkyl or cyclic N) is 1. The highest BCUT2D eigenvalue weighted by molar-refractivity contribution is 5.89. The Kier molecular flexibility index (Phi) is 11.7. The Labute approximate surface area is 323 Å². The molecule has 0 saturated carbocycles. The predicted octanol–water partition coefficient (Wildman–Crippen LogP) is 5.61. The molecule has 2 unspecified atom stereocenters. The van der Waals surface area contributed by atoms with Gasteiger partial charge in [0.05, 0.1) is 30.2 Å². The highest BCUT2D eigenvalue weighted by atomic mass is 16.5. The number of carbonyl (C=O) groups is 1. The Balaban J connectivity index is 1.04. The standard InChI is InChI=1S/C42H56N10O3/c1-42(2,3)37-27-39(52(47-37)31-11-9-10-30(26-31)28-49-22-20-48(21-23-49)24-25-53)46-41(54)45-35-15-16-36(34-13-6-5-12-33(34)35)55-32-14-17-38(43)51(29-32)40(44)50-18-7-4-8-19-50/h5-6,9-14,17,26-27,29,35-36,43-44,53H,4,7-8,15-16,18-25,28H2,1-3H3,(H2,45,46,54). The largest absolute Gasteiger partial charge is 0.484 e. The van der Waals surface area contributed by atoms with Crippen molar-refractivity contribution in [3.05, 3.63) is 101 Å². The van der Waals surface area contributed by atoms with Gasteiger partial charge < -0.3 is 20.1 Å². The third kappa shape index (κ3) is 9.12. The van der Waals surface area contributed by atoms with Crippen LogP contribution in [0.2, 0.25) is 0 Å². The number of ether oxygens (including phenoxy) is 1. The molecule has 4 aromatic rings. The molecule has 0 spiro atoms. The van der Waals surface area contributed by atoms with E-state index in [1.54, 1.807) is 22.9 Å². The van der Waals surface area contributed by atoms with Gasteiger partial charge in [0.15, 0.2) is 0 Å². The minimum Gasteiger partial charge on any atom is -0.484 e. The van der Waals surface area contributed by atoms with Crippen LogP contribution in [0.1, 0.15) is 87.4 Å². The Morgan fingerprint density at radius 2 is 1.65 bits per heavy atom. The third-order valence-electron chi connectivity index (χ3n) is 11.0. The van der Waals surface area contributed by atoms with Crippen molar-refractivity contribution in [2.45, 2.75) is 77.0 Å². The van der Waals surface area contributed by atoms with E-state index in [9.17, 15) is 9.90 Å². The number of fused-ring (bicyclic) bond motifs is 1. The molecule has 13 heteroatoms. The topological polar surface area (TPSA) is 151 Å². The van der Waals surface area contributed by atoms with Crippen molar-refractivity contribution < 1.29 is 14.6 Å². The Bertz CT molecular complexity index is 2020. The van der Waals surface area contributed by atoms with E-state index in [0.717, 1.165) is 87.7 Å². The first-order valence-electron chi connectivity index (χ1n) is 19.8. The minimum absolute atomic E-state index is 0.192. The quantitative estimate of drug-likeness (QED) is 0.110. The maximum atomic E-state index is 13.8. The van der Waals surface area contributed by atoms with Gasteiger partial charge in [-0.1, -0.05) is 57.2 Å². The van der Waals surface area contributed by atoms with Crippen molar-refractivity contribution in [1.82, 2.24) is 34.4 Å². The molecule has 7 rings (SSSR count). The number of piperidine rings is 1. The van der Waals surface area contributed by atoms with Crippen LogP contribution in [0.15, 0.2) is 72.9 Å². The molecule has 0 radical (unpaired) electrons. The number of piperazine rings is 1. The van der Waals surface area contributed by atoms with Crippen molar-refractivity contribution in [1.29, 1.82) is 10.8 Å². The second-order valence-electron chi connectivity index (χ2n) is 16.0. The van der Waals surface area contributed by atoms with E-state index < -0.39 is 0 Å². The molecule has 3 aliphatic rings. The lowest BCUT2D eigenvalue weighted by Crippen LogP contribution is -2.46. The molecule has 13 nitrogen and oxygen atoms in total. The first kappa shape index (κ1) is 38.3. The van der Waals surface area contributed by atoms with Gasteiger partial charge in [-0.2, -0.15) is 5.10 Å². The zero-order valence-corrected chi connectivity index (χ0v) is 32.4. The highest BCUT2D eigenvalue weighted by Gasteiger charge is 2.30. The van der Waals surface area contributed by atoms with Crippen LogP contribution in [0.4, 0.5) is 10.6 Å². The first-order chi connectivity index (χ1) is 26.6. The minimum atomic E-state index is -0.305. The summed E-state index contributed by atoms with van der Waals surface area (Å²) in [6.07, 6.45) is 6.17. The Hall–Kier alpha value is -4.98. The average molecular weight is 749 g/mol. The van der Waals surface area contributed by atoms with Gasteiger partial charge >= 0.3 is 6.03 Å². The summed E-state index contributed by atoms with van der Waals surface area (Å²) in [5.41, 5.74) is 4.98. The molecule has 2 fully saturated rings. The van der Waals surface area contributed by atoms with Crippen molar-refractivity contribution in [3.63, 3.8) is 0 Å². The molecule has 2 aromatic carbocycles. The first-order valence-corrected chi connectivity index (χ1v) is 19.8. The van der Waals surface area contributed by atoms with Crippen LogP contribution >= 0.6 is 0 Å². The number of nitrogens with one attached hydrogen (secondary N) is 4. The van der Waals surface area contributed by atoms with Crippen molar-refractivity contribution in [3.8, 4) is 11.4 Å².